The van der Waals surface area contributed by atoms with E-state index in [1.54, 1.807) is 0 Å². The Labute approximate surface area is 469 Å². The lowest BCUT2D eigenvalue weighted by molar-refractivity contribution is 0.500. The number of rotatable bonds is 12. The van der Waals surface area contributed by atoms with Crippen LogP contribution in [0.15, 0.2) is 212 Å². The van der Waals surface area contributed by atoms with E-state index in [9.17, 15) is 0 Å². The van der Waals surface area contributed by atoms with Crippen LogP contribution in [0.1, 0.15) is 83.8 Å². The van der Waals surface area contributed by atoms with Gasteiger partial charge in [-0.2, -0.15) is 0 Å². The Balaban J connectivity index is 1.03. The van der Waals surface area contributed by atoms with E-state index in [-0.39, 0.29) is 10.8 Å². The van der Waals surface area contributed by atoms with E-state index in [0.29, 0.717) is 0 Å². The van der Waals surface area contributed by atoms with Gasteiger partial charge in [0.15, 0.2) is 22.3 Å². The molecule has 0 bridgehead atoms. The minimum absolute atomic E-state index is 0.101. The maximum atomic E-state index is 7.29. The van der Waals surface area contributed by atoms with Crippen molar-refractivity contribution in [3.05, 3.63) is 217 Å². The molecule has 0 saturated heterocycles. The van der Waals surface area contributed by atoms with Gasteiger partial charge in [0.25, 0.3) is 0 Å². The molecule has 0 aliphatic carbocycles. The third kappa shape index (κ3) is 7.05. The van der Waals surface area contributed by atoms with Gasteiger partial charge < -0.3 is 27.5 Å². The van der Waals surface area contributed by atoms with Gasteiger partial charge in [0.2, 0.25) is 0 Å². The molecule has 6 nitrogen and oxygen atoms in total. The summed E-state index contributed by atoms with van der Waals surface area (Å²) in [5, 5.41) is 14.2. The number of anilines is 6. The number of furan rings is 4. The van der Waals surface area contributed by atoms with Crippen LogP contribution in [0.25, 0.3) is 121 Å². The zero-order valence-corrected chi connectivity index (χ0v) is 46.7. The molecule has 15 aromatic rings. The Hall–Kier alpha value is -9.52. The number of benzene rings is 11. The summed E-state index contributed by atoms with van der Waals surface area (Å²) in [6.07, 6.45) is 7.91. The summed E-state index contributed by atoms with van der Waals surface area (Å²) < 4.78 is 28.4. The molecular formula is C75H60N2O4. The highest BCUT2D eigenvalue weighted by atomic mass is 16.3. The lowest BCUT2D eigenvalue weighted by Gasteiger charge is -2.29. The molecule has 6 heteroatoms. The fraction of sp³-hybridized carbons (Fsp3) is 0.147. The summed E-state index contributed by atoms with van der Waals surface area (Å²) in [5.74, 6) is 0.721. The van der Waals surface area contributed by atoms with Crippen molar-refractivity contribution in [3.63, 3.8) is 0 Å². The molecule has 0 aliphatic rings. The quantitative estimate of drug-likeness (QED) is 0.114. The van der Waals surface area contributed by atoms with Gasteiger partial charge in [-0.15, -0.1) is 0 Å². The molecule has 0 radical (unpaired) electrons. The maximum absolute atomic E-state index is 7.29. The maximum Gasteiger partial charge on any atom is 0.159 e. The number of allylic oxidation sites excluding steroid dienone is 1. The van der Waals surface area contributed by atoms with Crippen molar-refractivity contribution >= 4 is 155 Å². The first-order valence-corrected chi connectivity index (χ1v) is 28.4. The van der Waals surface area contributed by atoms with Crippen molar-refractivity contribution in [1.29, 1.82) is 0 Å². The minimum Gasteiger partial charge on any atom is -0.454 e. The smallest absolute Gasteiger partial charge is 0.159 e. The van der Waals surface area contributed by atoms with Crippen molar-refractivity contribution in [3.8, 4) is 0 Å². The normalized spacial score (nSPS) is 12.7. The summed E-state index contributed by atoms with van der Waals surface area (Å²) in [5.41, 5.74) is 14.7. The van der Waals surface area contributed by atoms with Crippen molar-refractivity contribution in [2.24, 2.45) is 0 Å². The van der Waals surface area contributed by atoms with E-state index in [0.717, 1.165) is 167 Å². The summed E-state index contributed by atoms with van der Waals surface area (Å²) in [4.78, 5) is 4.75. The van der Waals surface area contributed by atoms with E-state index in [1.165, 1.54) is 11.1 Å². The van der Waals surface area contributed by atoms with Crippen LogP contribution < -0.4 is 9.80 Å². The summed E-state index contributed by atoms with van der Waals surface area (Å²) >= 11 is 0. The SMILES string of the molecule is C=Cc1oc2c(N(c3ccc4ccc5c(N(c6cccc7c6oc6ccccc67)c6cccc7c6oc6c(C(C)(C)CC)cccc67)ccc6ccc3c4c65)c3cccc4c3oc3c(C(C)(C)CC)cccc34)cccc2c1/C=C\C. The van der Waals surface area contributed by atoms with Gasteiger partial charge in [-0.1, -0.05) is 200 Å². The van der Waals surface area contributed by atoms with Crippen LogP contribution in [0.2, 0.25) is 0 Å². The molecule has 0 N–H and O–H groups in total. The fourth-order valence-corrected chi connectivity index (χ4v) is 13.1. The zero-order valence-electron chi connectivity index (χ0n) is 46.7. The number of para-hydroxylation sites is 7. The molecule has 394 valence electrons. The second-order valence-corrected chi connectivity index (χ2v) is 23.1. The number of fused-ring (bicyclic) bond motifs is 10. The Morgan fingerprint density at radius 2 is 0.778 bits per heavy atom. The van der Waals surface area contributed by atoms with Crippen LogP contribution in [0.4, 0.5) is 34.1 Å². The highest BCUT2D eigenvalue weighted by molar-refractivity contribution is 6.29. The van der Waals surface area contributed by atoms with Crippen LogP contribution in [0.5, 0.6) is 0 Å². The molecule has 0 unspecified atom stereocenters. The van der Waals surface area contributed by atoms with Crippen LogP contribution in [0.3, 0.4) is 0 Å². The van der Waals surface area contributed by atoms with E-state index in [2.05, 4.69) is 246 Å². The molecule has 0 saturated carbocycles. The Bertz CT molecular complexity index is 5090. The molecule has 81 heavy (non-hydrogen) atoms. The molecule has 11 aromatic carbocycles. The van der Waals surface area contributed by atoms with Gasteiger partial charge in [-0.05, 0) is 101 Å². The summed E-state index contributed by atoms with van der Waals surface area (Å²) in [7, 11) is 0. The molecule has 0 aliphatic heterocycles. The minimum atomic E-state index is -0.107. The topological polar surface area (TPSA) is 59.0 Å². The lowest BCUT2D eigenvalue weighted by Crippen LogP contribution is -2.15. The van der Waals surface area contributed by atoms with Crippen LogP contribution in [-0.2, 0) is 10.8 Å². The second-order valence-electron chi connectivity index (χ2n) is 23.1. The van der Waals surface area contributed by atoms with E-state index in [1.807, 2.05) is 19.1 Å². The van der Waals surface area contributed by atoms with Crippen molar-refractivity contribution in [2.45, 2.75) is 72.1 Å². The van der Waals surface area contributed by atoms with E-state index >= 15 is 0 Å². The molecule has 15 rings (SSSR count). The average molecular weight is 1050 g/mol. The Morgan fingerprint density at radius 3 is 1.25 bits per heavy atom. The third-order valence-electron chi connectivity index (χ3n) is 18.0. The summed E-state index contributed by atoms with van der Waals surface area (Å²) in [6, 6.07) is 65.8. The van der Waals surface area contributed by atoms with Crippen LogP contribution in [0, 0.1) is 0 Å². The van der Waals surface area contributed by atoms with Crippen molar-refractivity contribution < 1.29 is 17.7 Å². The Morgan fingerprint density at radius 1 is 0.383 bits per heavy atom. The predicted molar refractivity (Wildman–Crippen MR) is 343 cm³/mol. The molecule has 4 heterocycles. The van der Waals surface area contributed by atoms with E-state index in [4.69, 9.17) is 17.7 Å². The standard InChI is InChI=1S/C75H60N2O4/c1-9-21-46-48-25-17-31-60(70(48)78-64(46)10-2)76(62-33-19-27-52-50-23-15-29-56(74(5,6)11-3)68(50)80-72(52)62)58-42-38-44-37-41-55-59(43-39-45-36-40-54(58)66(44)67(45)55)77(61-32-18-26-49-47-22-13-14-35-65(47)79-71(49)61)63-34-20-28-53-51-24-16-30-57(75(7,8)12-4)69(51)81-73(53)63/h9-10,13-43H,2,11-12H2,1,3-8H3/b21-9-. The number of hydrogen-bond donors (Lipinski definition) is 0. The van der Waals surface area contributed by atoms with Gasteiger partial charge in [-0.3, -0.25) is 0 Å². The molecule has 0 atom stereocenters. The lowest BCUT2D eigenvalue weighted by atomic mass is 9.81. The molecule has 4 aromatic heterocycles. The van der Waals surface area contributed by atoms with Crippen LogP contribution >= 0.6 is 0 Å². The average Bonchev–Trinajstić information content (AvgIpc) is 4.21. The summed E-state index contributed by atoms with van der Waals surface area (Å²) in [6.45, 7) is 20.0. The van der Waals surface area contributed by atoms with Gasteiger partial charge in [-0.25, -0.2) is 0 Å². The second kappa shape index (κ2) is 18.0. The van der Waals surface area contributed by atoms with Gasteiger partial charge >= 0.3 is 0 Å². The highest BCUT2D eigenvalue weighted by Gasteiger charge is 2.31. The molecule has 0 amide bonds. The molecule has 0 fully saturated rings. The largest absolute Gasteiger partial charge is 0.454 e. The first-order chi connectivity index (χ1) is 39.5. The van der Waals surface area contributed by atoms with Crippen molar-refractivity contribution in [1.82, 2.24) is 0 Å². The third-order valence-corrected chi connectivity index (χ3v) is 18.0. The molecule has 0 spiro atoms. The van der Waals surface area contributed by atoms with Gasteiger partial charge in [0.05, 0.1) is 34.1 Å². The highest BCUT2D eigenvalue weighted by Crippen LogP contribution is 2.54. The monoisotopic (exact) mass is 1050 g/mol. The van der Waals surface area contributed by atoms with Crippen molar-refractivity contribution in [2.75, 3.05) is 9.80 Å². The number of nitrogens with zero attached hydrogens (tertiary/aromatic N) is 2. The van der Waals surface area contributed by atoms with Gasteiger partial charge in [0, 0.05) is 65.2 Å². The van der Waals surface area contributed by atoms with Gasteiger partial charge in [0.1, 0.15) is 22.5 Å². The van der Waals surface area contributed by atoms with E-state index < -0.39 is 0 Å². The Kier molecular flexibility index (Phi) is 10.8. The first kappa shape index (κ1) is 48.6. The molecular weight excluding hydrogens is 993 g/mol. The first-order valence-electron chi connectivity index (χ1n) is 28.4. The zero-order chi connectivity index (χ0) is 55.1. The van der Waals surface area contributed by atoms with Crippen LogP contribution in [-0.4, -0.2) is 0 Å². The fourth-order valence-electron chi connectivity index (χ4n) is 13.1. The predicted octanol–water partition coefficient (Wildman–Crippen LogP) is 23.0. The number of hydrogen-bond acceptors (Lipinski definition) is 6.